The molecule has 0 aliphatic heterocycles. The van der Waals surface area contributed by atoms with Crippen LogP contribution in [-0.4, -0.2) is 33.2 Å². The van der Waals surface area contributed by atoms with Gasteiger partial charge in [-0.25, -0.2) is 0 Å². The van der Waals surface area contributed by atoms with Gasteiger partial charge in [0.25, 0.3) is 0 Å². The Morgan fingerprint density at radius 2 is 2.04 bits per heavy atom. The number of rotatable bonds is 6. The lowest BCUT2D eigenvalue weighted by Crippen LogP contribution is -2.34. The molecule has 1 aromatic carbocycles. The minimum Gasteiger partial charge on any atom is -0.322 e. The molecule has 3 rings (SSSR count). The van der Waals surface area contributed by atoms with Crippen molar-refractivity contribution < 1.29 is 4.79 Å². The summed E-state index contributed by atoms with van der Waals surface area (Å²) in [6, 6.07) is 6.08. The van der Waals surface area contributed by atoms with Crippen LogP contribution in [0.25, 0.3) is 0 Å². The van der Waals surface area contributed by atoms with Crippen molar-refractivity contribution in [2.75, 3.05) is 11.9 Å². The van der Waals surface area contributed by atoms with Crippen molar-refractivity contribution in [1.29, 1.82) is 0 Å². The summed E-state index contributed by atoms with van der Waals surface area (Å²) in [5.41, 5.74) is 3.64. The Hall–Kier alpha value is -1.56. The smallest absolute Gasteiger partial charge is 0.238 e. The highest BCUT2D eigenvalue weighted by molar-refractivity contribution is 6.42. The van der Waals surface area contributed by atoms with E-state index in [0.29, 0.717) is 29.2 Å². The average Bonchev–Trinajstić information content (AvgIpc) is 3.36. The highest BCUT2D eigenvalue weighted by atomic mass is 35.5. The first-order valence-electron chi connectivity index (χ1n) is 8.33. The molecule has 0 bridgehead atoms. The first kappa shape index (κ1) is 18.2. The molecule has 25 heavy (non-hydrogen) atoms. The molecule has 1 saturated carbocycles. The van der Waals surface area contributed by atoms with Gasteiger partial charge in [0.1, 0.15) is 0 Å². The largest absolute Gasteiger partial charge is 0.322 e. The SMILES string of the molecule is Cc1nn(C)c(C)c1NC(=O)CN(Cc1ccc(Cl)c(Cl)c1)C1CC1. The summed E-state index contributed by atoms with van der Waals surface area (Å²) in [5, 5.41) is 8.43. The molecule has 134 valence electrons. The van der Waals surface area contributed by atoms with E-state index in [9.17, 15) is 4.79 Å². The fourth-order valence-electron chi connectivity index (χ4n) is 2.94. The number of amides is 1. The molecule has 1 fully saturated rings. The van der Waals surface area contributed by atoms with Crippen molar-refractivity contribution in [3.63, 3.8) is 0 Å². The zero-order chi connectivity index (χ0) is 18.1. The summed E-state index contributed by atoms with van der Waals surface area (Å²) in [6.45, 7) is 4.87. The maximum absolute atomic E-state index is 12.5. The van der Waals surface area contributed by atoms with Crippen LogP contribution >= 0.6 is 23.2 Å². The summed E-state index contributed by atoms with van der Waals surface area (Å²) in [4.78, 5) is 14.7. The Kier molecular flexibility index (Phi) is 5.37. The van der Waals surface area contributed by atoms with E-state index in [1.807, 2.05) is 33.0 Å². The summed E-state index contributed by atoms with van der Waals surface area (Å²) in [7, 11) is 1.87. The van der Waals surface area contributed by atoms with Crippen LogP contribution in [0.5, 0.6) is 0 Å². The molecule has 5 nitrogen and oxygen atoms in total. The molecule has 1 aliphatic carbocycles. The van der Waals surface area contributed by atoms with Gasteiger partial charge in [-0.05, 0) is 44.4 Å². The minimum atomic E-state index is -0.0221. The van der Waals surface area contributed by atoms with E-state index in [0.717, 1.165) is 35.5 Å². The van der Waals surface area contributed by atoms with Gasteiger partial charge in [0.2, 0.25) is 5.91 Å². The minimum absolute atomic E-state index is 0.0221. The Morgan fingerprint density at radius 1 is 1.32 bits per heavy atom. The van der Waals surface area contributed by atoms with Crippen molar-refractivity contribution in [2.45, 2.75) is 39.3 Å². The van der Waals surface area contributed by atoms with E-state index < -0.39 is 0 Å². The molecule has 0 saturated heterocycles. The number of halogens is 2. The van der Waals surface area contributed by atoms with Gasteiger partial charge in [0.05, 0.1) is 33.7 Å². The third-order valence-electron chi connectivity index (χ3n) is 4.55. The molecule has 0 atom stereocenters. The van der Waals surface area contributed by atoms with Crippen LogP contribution in [0.15, 0.2) is 18.2 Å². The van der Waals surface area contributed by atoms with Crippen LogP contribution in [0.2, 0.25) is 10.0 Å². The van der Waals surface area contributed by atoms with Gasteiger partial charge in [0, 0.05) is 19.6 Å². The number of hydrogen-bond donors (Lipinski definition) is 1. The lowest BCUT2D eigenvalue weighted by atomic mass is 10.2. The normalized spacial score (nSPS) is 14.2. The topological polar surface area (TPSA) is 50.2 Å². The van der Waals surface area contributed by atoms with Crippen molar-refractivity contribution in [3.05, 3.63) is 45.2 Å². The molecule has 0 unspecified atom stereocenters. The molecule has 1 aromatic heterocycles. The average molecular weight is 381 g/mol. The standard InChI is InChI=1S/C18H22Cl2N4O/c1-11-18(12(2)23(3)22-11)21-17(25)10-24(14-5-6-14)9-13-4-7-15(19)16(20)8-13/h4,7-8,14H,5-6,9-10H2,1-3H3,(H,21,25). The van der Waals surface area contributed by atoms with Crippen molar-refractivity contribution in [2.24, 2.45) is 7.05 Å². The lowest BCUT2D eigenvalue weighted by Gasteiger charge is -2.21. The highest BCUT2D eigenvalue weighted by Gasteiger charge is 2.30. The van der Waals surface area contributed by atoms with Crippen LogP contribution in [0.3, 0.4) is 0 Å². The number of nitrogens with zero attached hydrogens (tertiary/aromatic N) is 3. The number of carbonyl (C=O) groups is 1. The second kappa shape index (κ2) is 7.36. The Morgan fingerprint density at radius 3 is 2.60 bits per heavy atom. The van der Waals surface area contributed by atoms with Crippen LogP contribution < -0.4 is 5.32 Å². The van der Waals surface area contributed by atoms with Crippen LogP contribution in [0, 0.1) is 13.8 Å². The van der Waals surface area contributed by atoms with Crippen molar-refractivity contribution in [3.8, 4) is 0 Å². The third-order valence-corrected chi connectivity index (χ3v) is 5.29. The molecule has 0 spiro atoms. The Balaban J connectivity index is 1.67. The highest BCUT2D eigenvalue weighted by Crippen LogP contribution is 2.30. The second-order valence-corrected chi connectivity index (χ2v) is 7.42. The van der Waals surface area contributed by atoms with E-state index in [1.54, 1.807) is 10.7 Å². The quantitative estimate of drug-likeness (QED) is 0.825. The van der Waals surface area contributed by atoms with Gasteiger partial charge in [-0.2, -0.15) is 5.10 Å². The molecule has 0 radical (unpaired) electrons. The zero-order valence-corrected chi connectivity index (χ0v) is 16.2. The predicted octanol–water partition coefficient (Wildman–Crippen LogP) is 3.95. The molecule has 1 N–H and O–H groups in total. The molecular formula is C18H22Cl2N4O. The predicted molar refractivity (Wildman–Crippen MR) is 101 cm³/mol. The molecule has 1 aliphatic rings. The second-order valence-electron chi connectivity index (χ2n) is 6.60. The van der Waals surface area contributed by atoms with Gasteiger partial charge in [-0.3, -0.25) is 14.4 Å². The molecule has 1 amide bonds. The van der Waals surface area contributed by atoms with E-state index in [2.05, 4.69) is 15.3 Å². The summed E-state index contributed by atoms with van der Waals surface area (Å²) in [6.07, 6.45) is 2.25. The third kappa shape index (κ3) is 4.35. The summed E-state index contributed by atoms with van der Waals surface area (Å²) >= 11 is 12.1. The number of carbonyl (C=O) groups excluding carboxylic acids is 1. The van der Waals surface area contributed by atoms with Gasteiger partial charge in [0.15, 0.2) is 0 Å². The lowest BCUT2D eigenvalue weighted by molar-refractivity contribution is -0.117. The Labute approximate surface area is 157 Å². The van der Waals surface area contributed by atoms with E-state index >= 15 is 0 Å². The van der Waals surface area contributed by atoms with Gasteiger partial charge < -0.3 is 5.32 Å². The number of anilines is 1. The van der Waals surface area contributed by atoms with Crippen LogP contribution in [0.4, 0.5) is 5.69 Å². The van der Waals surface area contributed by atoms with Crippen LogP contribution in [0.1, 0.15) is 29.8 Å². The van der Waals surface area contributed by atoms with Crippen LogP contribution in [-0.2, 0) is 18.4 Å². The molecule has 7 heteroatoms. The fourth-order valence-corrected chi connectivity index (χ4v) is 3.26. The summed E-state index contributed by atoms with van der Waals surface area (Å²) in [5.74, 6) is -0.0221. The maximum atomic E-state index is 12.5. The number of nitrogens with one attached hydrogen (secondary N) is 1. The molecule has 1 heterocycles. The zero-order valence-electron chi connectivity index (χ0n) is 14.6. The number of benzene rings is 1. The summed E-state index contributed by atoms with van der Waals surface area (Å²) < 4.78 is 1.78. The van der Waals surface area contributed by atoms with Crippen molar-refractivity contribution >= 4 is 34.8 Å². The first-order chi connectivity index (χ1) is 11.8. The number of aryl methyl sites for hydroxylation is 2. The van der Waals surface area contributed by atoms with Crippen molar-refractivity contribution in [1.82, 2.24) is 14.7 Å². The number of hydrogen-bond acceptors (Lipinski definition) is 3. The molecular weight excluding hydrogens is 359 g/mol. The van der Waals surface area contributed by atoms with Gasteiger partial charge in [-0.1, -0.05) is 29.3 Å². The van der Waals surface area contributed by atoms with E-state index in [1.165, 1.54) is 0 Å². The van der Waals surface area contributed by atoms with Gasteiger partial charge in [-0.15, -0.1) is 0 Å². The van der Waals surface area contributed by atoms with E-state index in [-0.39, 0.29) is 5.91 Å². The first-order valence-corrected chi connectivity index (χ1v) is 9.08. The molecule has 2 aromatic rings. The monoisotopic (exact) mass is 380 g/mol. The van der Waals surface area contributed by atoms with Gasteiger partial charge >= 0.3 is 0 Å². The fraction of sp³-hybridized carbons (Fsp3) is 0.444. The number of aromatic nitrogens is 2. The van der Waals surface area contributed by atoms with E-state index in [4.69, 9.17) is 23.2 Å². The Bertz CT molecular complexity index is 799. The maximum Gasteiger partial charge on any atom is 0.238 e.